The number of rotatable bonds is 4. The number of carbonyl (C=O) groups is 3. The molecule has 2 N–H and O–H groups in total. The fourth-order valence-electron chi connectivity index (χ4n) is 1.17. The molecule has 0 bridgehead atoms. The minimum Gasteiger partial charge on any atom is -0.469 e. The number of imide groups is 1. The summed E-state index contributed by atoms with van der Waals surface area (Å²) < 4.78 is 14.1. The molecule has 24 heavy (non-hydrogen) atoms. The lowest BCUT2D eigenvalue weighted by atomic mass is 10.2. The van der Waals surface area contributed by atoms with Crippen molar-refractivity contribution in [1.29, 1.82) is 0 Å². The van der Waals surface area contributed by atoms with Gasteiger partial charge in [-0.3, -0.25) is 4.79 Å². The van der Waals surface area contributed by atoms with E-state index in [1.165, 1.54) is 7.11 Å². The second-order valence-electron chi connectivity index (χ2n) is 6.89. The van der Waals surface area contributed by atoms with Crippen molar-refractivity contribution in [3.05, 3.63) is 0 Å². The average molecular weight is 349 g/mol. The highest BCUT2D eigenvalue weighted by atomic mass is 16.6. The third kappa shape index (κ3) is 20.2. The van der Waals surface area contributed by atoms with Gasteiger partial charge < -0.3 is 19.3 Å². The van der Waals surface area contributed by atoms with E-state index < -0.39 is 23.4 Å². The molecule has 0 radical (unpaired) electrons. The molecule has 0 aliphatic rings. The molecule has 0 aliphatic carbocycles. The summed E-state index contributed by atoms with van der Waals surface area (Å²) in [5, 5.41) is 10.3. The zero-order valence-corrected chi connectivity index (χ0v) is 15.7. The molecule has 0 atom stereocenters. The van der Waals surface area contributed by atoms with Crippen molar-refractivity contribution in [3.8, 4) is 0 Å². The van der Waals surface area contributed by atoms with Crippen LogP contribution in [-0.2, 0) is 19.0 Å². The highest BCUT2D eigenvalue weighted by molar-refractivity contribution is 5.87. The number of methoxy groups -OCH3 is 1. The Bertz CT molecular complexity index is 368. The molecule has 0 heterocycles. The quantitative estimate of drug-likeness (QED) is 0.456. The molecule has 0 aromatic rings. The molecule has 8 nitrogen and oxygen atoms in total. The first-order valence-corrected chi connectivity index (χ1v) is 7.71. The first kappa shape index (κ1) is 24.4. The smallest absolute Gasteiger partial charge is 0.417 e. The molecular formula is C16H31NO7. The molecular weight excluding hydrogens is 318 g/mol. The van der Waals surface area contributed by atoms with Crippen LogP contribution >= 0.6 is 0 Å². The second-order valence-corrected chi connectivity index (χ2v) is 6.89. The van der Waals surface area contributed by atoms with Crippen LogP contribution in [0.4, 0.5) is 9.59 Å². The zero-order valence-electron chi connectivity index (χ0n) is 15.7. The van der Waals surface area contributed by atoms with Crippen molar-refractivity contribution in [2.24, 2.45) is 0 Å². The summed E-state index contributed by atoms with van der Waals surface area (Å²) >= 11 is 0. The van der Waals surface area contributed by atoms with E-state index in [-0.39, 0.29) is 12.6 Å². The summed E-state index contributed by atoms with van der Waals surface area (Å²) in [5.74, 6) is -0.205. The van der Waals surface area contributed by atoms with Crippen LogP contribution in [0.2, 0.25) is 0 Å². The molecule has 8 heteroatoms. The predicted octanol–water partition coefficient (Wildman–Crippen LogP) is 2.77. The van der Waals surface area contributed by atoms with Gasteiger partial charge in [-0.25, -0.2) is 14.9 Å². The minimum absolute atomic E-state index is 0.150. The Morgan fingerprint density at radius 1 is 0.875 bits per heavy atom. The van der Waals surface area contributed by atoms with Crippen LogP contribution in [-0.4, -0.2) is 48.2 Å². The number of hydrogen-bond acceptors (Lipinski definition) is 7. The van der Waals surface area contributed by atoms with Crippen molar-refractivity contribution < 1.29 is 33.7 Å². The van der Waals surface area contributed by atoms with E-state index in [4.69, 9.17) is 14.6 Å². The Balaban J connectivity index is 0. The van der Waals surface area contributed by atoms with Crippen molar-refractivity contribution in [2.45, 2.75) is 72.0 Å². The number of hydrogen-bond donors (Lipinski definition) is 2. The number of ether oxygens (including phenoxy) is 3. The van der Waals surface area contributed by atoms with Crippen LogP contribution in [0.15, 0.2) is 0 Å². The predicted molar refractivity (Wildman–Crippen MR) is 88.6 cm³/mol. The normalized spacial score (nSPS) is 10.8. The van der Waals surface area contributed by atoms with Gasteiger partial charge in [-0.2, -0.15) is 0 Å². The Morgan fingerprint density at radius 2 is 1.29 bits per heavy atom. The molecule has 2 amide bonds. The maximum Gasteiger partial charge on any atom is 0.417 e. The van der Waals surface area contributed by atoms with Gasteiger partial charge in [-0.15, -0.1) is 0 Å². The third-order valence-corrected chi connectivity index (χ3v) is 2.02. The molecule has 0 rings (SSSR count). The van der Waals surface area contributed by atoms with Gasteiger partial charge in [-0.05, 0) is 54.4 Å². The first-order chi connectivity index (χ1) is 10.8. The van der Waals surface area contributed by atoms with Crippen molar-refractivity contribution in [2.75, 3.05) is 13.7 Å². The molecule has 0 aliphatic heterocycles. The summed E-state index contributed by atoms with van der Waals surface area (Å²) in [6.07, 6.45) is 0.184. The van der Waals surface area contributed by atoms with E-state index in [0.29, 0.717) is 19.3 Å². The fraction of sp³-hybridized carbons (Fsp3) is 0.812. The number of nitrogens with one attached hydrogen (secondary N) is 1. The van der Waals surface area contributed by atoms with Crippen molar-refractivity contribution in [3.63, 3.8) is 0 Å². The Kier molecular flexibility index (Phi) is 11.9. The number of alkyl carbamates (subject to hydrolysis) is 2. The van der Waals surface area contributed by atoms with Gasteiger partial charge in [-0.1, -0.05) is 0 Å². The fourth-order valence-corrected chi connectivity index (χ4v) is 1.17. The molecule has 0 saturated carbocycles. The SMILES string of the molecule is CC(C)(C)OC(=O)NC(=O)OC(C)(C)C.COC(=O)CCCCO. The number of aliphatic hydroxyl groups excluding tert-OH is 1. The van der Waals surface area contributed by atoms with Gasteiger partial charge in [0.2, 0.25) is 0 Å². The number of aliphatic hydroxyl groups is 1. The summed E-state index contributed by atoms with van der Waals surface area (Å²) in [6, 6.07) is 0. The number of unbranched alkanes of at least 4 members (excludes halogenated alkanes) is 1. The lowest BCUT2D eigenvalue weighted by Gasteiger charge is -2.21. The van der Waals surface area contributed by atoms with E-state index in [1.807, 2.05) is 5.32 Å². The topological polar surface area (TPSA) is 111 Å². The summed E-state index contributed by atoms with van der Waals surface area (Å²) in [7, 11) is 1.36. The van der Waals surface area contributed by atoms with Crippen LogP contribution in [0, 0.1) is 0 Å². The van der Waals surface area contributed by atoms with Crippen LogP contribution in [0.3, 0.4) is 0 Å². The summed E-state index contributed by atoms with van der Waals surface area (Å²) in [5.41, 5.74) is -1.27. The molecule has 0 saturated heterocycles. The molecule has 142 valence electrons. The van der Waals surface area contributed by atoms with Gasteiger partial charge in [0.05, 0.1) is 7.11 Å². The van der Waals surface area contributed by atoms with Gasteiger partial charge in [0.25, 0.3) is 0 Å². The zero-order chi connectivity index (χ0) is 19.4. The van der Waals surface area contributed by atoms with E-state index in [0.717, 1.165) is 0 Å². The molecule has 0 fully saturated rings. The maximum atomic E-state index is 11.1. The van der Waals surface area contributed by atoms with Gasteiger partial charge >= 0.3 is 18.2 Å². The average Bonchev–Trinajstić information content (AvgIpc) is 2.34. The molecule has 0 unspecified atom stereocenters. The van der Waals surface area contributed by atoms with Crippen molar-refractivity contribution in [1.82, 2.24) is 5.32 Å². The van der Waals surface area contributed by atoms with E-state index in [1.54, 1.807) is 41.5 Å². The van der Waals surface area contributed by atoms with Gasteiger partial charge in [0.15, 0.2) is 0 Å². The van der Waals surface area contributed by atoms with Gasteiger partial charge in [0.1, 0.15) is 11.2 Å². The Labute approximate surface area is 143 Å². The second kappa shape index (κ2) is 11.7. The van der Waals surface area contributed by atoms with E-state index >= 15 is 0 Å². The Morgan fingerprint density at radius 3 is 1.58 bits per heavy atom. The van der Waals surface area contributed by atoms with E-state index in [9.17, 15) is 14.4 Å². The standard InChI is InChI=1S/C10H19NO4.C6H12O3/c1-9(2,3)14-7(12)11-8(13)15-10(4,5)6;1-9-6(8)4-2-3-5-7/h1-6H3,(H,11,12,13);7H,2-5H2,1H3. The maximum absolute atomic E-state index is 11.1. The molecule has 0 aromatic heterocycles. The minimum atomic E-state index is -0.809. The third-order valence-electron chi connectivity index (χ3n) is 2.02. The first-order valence-electron chi connectivity index (χ1n) is 7.71. The van der Waals surface area contributed by atoms with E-state index in [2.05, 4.69) is 4.74 Å². The molecule has 0 spiro atoms. The van der Waals surface area contributed by atoms with Gasteiger partial charge in [0, 0.05) is 13.0 Å². The lowest BCUT2D eigenvalue weighted by Crippen LogP contribution is -2.39. The van der Waals surface area contributed by atoms with Crippen LogP contribution in [0.5, 0.6) is 0 Å². The summed E-state index contributed by atoms with van der Waals surface area (Å²) in [4.78, 5) is 32.6. The highest BCUT2D eigenvalue weighted by Gasteiger charge is 2.21. The number of amides is 2. The Hall–Kier alpha value is -1.83. The monoisotopic (exact) mass is 349 g/mol. The summed E-state index contributed by atoms with van der Waals surface area (Å²) in [6.45, 7) is 10.4. The van der Waals surface area contributed by atoms with Crippen molar-refractivity contribution >= 4 is 18.2 Å². The van der Waals surface area contributed by atoms with Crippen LogP contribution in [0.1, 0.15) is 60.8 Å². The largest absolute Gasteiger partial charge is 0.469 e. The highest BCUT2D eigenvalue weighted by Crippen LogP contribution is 2.08. The molecule has 0 aromatic carbocycles. The number of esters is 1. The lowest BCUT2D eigenvalue weighted by molar-refractivity contribution is -0.140. The van der Waals surface area contributed by atoms with Crippen LogP contribution < -0.4 is 5.32 Å². The number of carbonyl (C=O) groups excluding carboxylic acids is 3. The van der Waals surface area contributed by atoms with Crippen LogP contribution in [0.25, 0.3) is 0 Å².